The largest absolute Gasteiger partial charge is 0.504 e. The van der Waals surface area contributed by atoms with Crippen LogP contribution in [0.3, 0.4) is 0 Å². The monoisotopic (exact) mass is 251 g/mol. The minimum atomic E-state index is -0.390. The van der Waals surface area contributed by atoms with E-state index in [4.69, 9.17) is 5.11 Å². The molecular formula is C13H17NO4. The SMILES string of the molecule is CC(Cc1ccc(O)c(O)c1)C(=O)N1CC(O)C1. The molecule has 2 rings (SSSR count). The number of phenolic OH excluding ortho intramolecular Hbond substituents is 2. The predicted molar refractivity (Wildman–Crippen MR) is 65.2 cm³/mol. The quantitative estimate of drug-likeness (QED) is 0.682. The van der Waals surface area contributed by atoms with Crippen molar-refractivity contribution in [2.45, 2.75) is 19.4 Å². The topological polar surface area (TPSA) is 81.0 Å². The molecule has 1 fully saturated rings. The zero-order valence-electron chi connectivity index (χ0n) is 10.2. The summed E-state index contributed by atoms with van der Waals surface area (Å²) in [5.41, 5.74) is 0.798. The average Bonchev–Trinajstić information content (AvgIpc) is 2.29. The summed E-state index contributed by atoms with van der Waals surface area (Å²) in [6, 6.07) is 4.56. The fraction of sp³-hybridized carbons (Fsp3) is 0.462. The summed E-state index contributed by atoms with van der Waals surface area (Å²) in [5.74, 6) is -0.538. The van der Waals surface area contributed by atoms with E-state index in [0.717, 1.165) is 5.56 Å². The number of rotatable bonds is 3. The molecule has 1 aromatic carbocycles. The Morgan fingerprint density at radius 2 is 2.06 bits per heavy atom. The highest BCUT2D eigenvalue weighted by molar-refractivity contribution is 5.79. The van der Waals surface area contributed by atoms with Crippen LogP contribution in [0.25, 0.3) is 0 Å². The van der Waals surface area contributed by atoms with Crippen LogP contribution in [0.5, 0.6) is 11.5 Å². The van der Waals surface area contributed by atoms with Gasteiger partial charge in [0.05, 0.1) is 6.10 Å². The van der Waals surface area contributed by atoms with Crippen molar-refractivity contribution in [3.63, 3.8) is 0 Å². The first-order valence-corrected chi connectivity index (χ1v) is 5.95. The smallest absolute Gasteiger partial charge is 0.225 e. The number of phenols is 2. The third-order valence-electron chi connectivity index (χ3n) is 3.18. The van der Waals surface area contributed by atoms with Gasteiger partial charge in [0, 0.05) is 19.0 Å². The maximum absolute atomic E-state index is 11.9. The summed E-state index contributed by atoms with van der Waals surface area (Å²) in [5, 5.41) is 27.7. The van der Waals surface area contributed by atoms with Gasteiger partial charge in [0.15, 0.2) is 11.5 Å². The van der Waals surface area contributed by atoms with Crippen LogP contribution in [0.4, 0.5) is 0 Å². The number of hydrogen-bond donors (Lipinski definition) is 3. The van der Waals surface area contributed by atoms with Crippen molar-refractivity contribution in [1.29, 1.82) is 0 Å². The van der Waals surface area contributed by atoms with Crippen LogP contribution >= 0.6 is 0 Å². The predicted octanol–water partition coefficient (Wildman–Crippen LogP) is 0.479. The molecule has 1 atom stereocenters. The summed E-state index contributed by atoms with van der Waals surface area (Å²) in [6.07, 6.45) is 0.109. The van der Waals surface area contributed by atoms with E-state index in [9.17, 15) is 15.0 Å². The molecule has 0 saturated carbocycles. The van der Waals surface area contributed by atoms with Crippen molar-refractivity contribution in [3.8, 4) is 11.5 Å². The number of aliphatic hydroxyl groups is 1. The minimum Gasteiger partial charge on any atom is -0.504 e. The molecule has 0 bridgehead atoms. The van der Waals surface area contributed by atoms with E-state index in [1.807, 2.05) is 6.92 Å². The molecule has 1 amide bonds. The molecular weight excluding hydrogens is 234 g/mol. The fourth-order valence-corrected chi connectivity index (χ4v) is 2.08. The highest BCUT2D eigenvalue weighted by Gasteiger charge is 2.31. The van der Waals surface area contributed by atoms with Crippen LogP contribution in [0.1, 0.15) is 12.5 Å². The molecule has 3 N–H and O–H groups in total. The maximum atomic E-state index is 11.9. The van der Waals surface area contributed by atoms with Crippen molar-refractivity contribution < 1.29 is 20.1 Å². The molecule has 98 valence electrons. The Bertz CT molecular complexity index is 454. The Morgan fingerprint density at radius 3 is 2.61 bits per heavy atom. The molecule has 1 aliphatic heterocycles. The van der Waals surface area contributed by atoms with E-state index >= 15 is 0 Å². The van der Waals surface area contributed by atoms with Gasteiger partial charge in [-0.15, -0.1) is 0 Å². The molecule has 0 aliphatic carbocycles. The van der Waals surface area contributed by atoms with Crippen molar-refractivity contribution in [3.05, 3.63) is 23.8 Å². The van der Waals surface area contributed by atoms with Gasteiger partial charge in [-0.1, -0.05) is 13.0 Å². The number of benzene rings is 1. The van der Waals surface area contributed by atoms with E-state index in [2.05, 4.69) is 0 Å². The lowest BCUT2D eigenvalue weighted by molar-refractivity contribution is -0.145. The van der Waals surface area contributed by atoms with Gasteiger partial charge in [0.1, 0.15) is 0 Å². The Labute approximate surface area is 105 Å². The Hall–Kier alpha value is -1.75. The summed E-state index contributed by atoms with van der Waals surface area (Å²) in [6.45, 7) is 2.63. The lowest BCUT2D eigenvalue weighted by Crippen LogP contribution is -2.55. The number of amides is 1. The second kappa shape index (κ2) is 4.86. The van der Waals surface area contributed by atoms with Gasteiger partial charge in [-0.25, -0.2) is 0 Å². The van der Waals surface area contributed by atoms with Crippen molar-refractivity contribution >= 4 is 5.91 Å². The summed E-state index contributed by atoms with van der Waals surface area (Å²) in [7, 11) is 0. The van der Waals surface area contributed by atoms with E-state index in [0.29, 0.717) is 19.5 Å². The molecule has 1 heterocycles. The number of nitrogens with zero attached hydrogens (tertiary/aromatic N) is 1. The number of carbonyl (C=O) groups is 1. The molecule has 5 heteroatoms. The Balaban J connectivity index is 1.96. The molecule has 1 unspecified atom stereocenters. The van der Waals surface area contributed by atoms with Gasteiger partial charge in [-0.2, -0.15) is 0 Å². The minimum absolute atomic E-state index is 0.00728. The van der Waals surface area contributed by atoms with Crippen LogP contribution in [-0.2, 0) is 11.2 Å². The molecule has 1 aromatic rings. The van der Waals surface area contributed by atoms with E-state index < -0.39 is 0 Å². The Morgan fingerprint density at radius 1 is 1.39 bits per heavy atom. The molecule has 5 nitrogen and oxygen atoms in total. The van der Waals surface area contributed by atoms with Crippen molar-refractivity contribution in [2.75, 3.05) is 13.1 Å². The van der Waals surface area contributed by atoms with Crippen LogP contribution in [0, 0.1) is 5.92 Å². The van der Waals surface area contributed by atoms with Crippen LogP contribution < -0.4 is 0 Å². The van der Waals surface area contributed by atoms with Crippen LogP contribution in [0.2, 0.25) is 0 Å². The molecule has 0 radical (unpaired) electrons. The van der Waals surface area contributed by atoms with Crippen molar-refractivity contribution in [2.24, 2.45) is 5.92 Å². The first kappa shape index (κ1) is 12.7. The maximum Gasteiger partial charge on any atom is 0.225 e. The number of hydrogen-bond acceptors (Lipinski definition) is 4. The zero-order chi connectivity index (χ0) is 13.3. The van der Waals surface area contributed by atoms with E-state index in [-0.39, 0.29) is 29.4 Å². The number of aliphatic hydroxyl groups excluding tert-OH is 1. The summed E-state index contributed by atoms with van der Waals surface area (Å²) in [4.78, 5) is 13.6. The number of aromatic hydroxyl groups is 2. The lowest BCUT2D eigenvalue weighted by atomic mass is 9.97. The summed E-state index contributed by atoms with van der Waals surface area (Å²) < 4.78 is 0. The van der Waals surface area contributed by atoms with Gasteiger partial charge in [0.2, 0.25) is 5.91 Å². The second-order valence-corrected chi connectivity index (χ2v) is 4.83. The molecule has 0 aromatic heterocycles. The number of carbonyl (C=O) groups excluding carboxylic acids is 1. The van der Waals surface area contributed by atoms with Crippen LogP contribution in [0.15, 0.2) is 18.2 Å². The van der Waals surface area contributed by atoms with Gasteiger partial charge < -0.3 is 20.2 Å². The van der Waals surface area contributed by atoms with Gasteiger partial charge >= 0.3 is 0 Å². The zero-order valence-corrected chi connectivity index (χ0v) is 10.2. The molecule has 1 saturated heterocycles. The highest BCUT2D eigenvalue weighted by Crippen LogP contribution is 2.26. The summed E-state index contributed by atoms with van der Waals surface area (Å²) >= 11 is 0. The third-order valence-corrected chi connectivity index (χ3v) is 3.18. The van der Waals surface area contributed by atoms with Crippen molar-refractivity contribution in [1.82, 2.24) is 4.90 Å². The lowest BCUT2D eigenvalue weighted by Gasteiger charge is -2.37. The standard InChI is InChI=1S/C13H17NO4/c1-8(13(18)14-6-10(15)7-14)4-9-2-3-11(16)12(17)5-9/h2-3,5,8,10,15-17H,4,6-7H2,1H3. The van der Waals surface area contributed by atoms with Gasteiger partial charge in [-0.05, 0) is 24.1 Å². The van der Waals surface area contributed by atoms with E-state index in [1.54, 1.807) is 11.0 Å². The van der Waals surface area contributed by atoms with Gasteiger partial charge in [-0.3, -0.25) is 4.79 Å². The first-order chi connectivity index (χ1) is 8.47. The van der Waals surface area contributed by atoms with E-state index in [1.165, 1.54) is 12.1 Å². The Kier molecular flexibility index (Phi) is 3.43. The number of likely N-dealkylation sites (tertiary alicyclic amines) is 1. The first-order valence-electron chi connectivity index (χ1n) is 5.95. The number of β-amino-alcohol motifs (C(OH)–C–C–N with tert-alkyl or cyclic N) is 1. The molecule has 0 spiro atoms. The fourth-order valence-electron chi connectivity index (χ4n) is 2.08. The average molecular weight is 251 g/mol. The normalized spacial score (nSPS) is 17.3. The van der Waals surface area contributed by atoms with Crippen LogP contribution in [-0.4, -0.2) is 45.3 Å². The molecule has 18 heavy (non-hydrogen) atoms. The second-order valence-electron chi connectivity index (χ2n) is 4.83. The molecule has 1 aliphatic rings. The highest BCUT2D eigenvalue weighted by atomic mass is 16.3. The third kappa shape index (κ3) is 2.56. The van der Waals surface area contributed by atoms with Gasteiger partial charge in [0.25, 0.3) is 0 Å².